The van der Waals surface area contributed by atoms with Crippen molar-refractivity contribution in [2.45, 2.75) is 39.2 Å². The largest absolute Gasteiger partial charge is 0.508 e. The topological polar surface area (TPSA) is 46.2 Å². The third-order valence-electron chi connectivity index (χ3n) is 2.61. The molecule has 2 heteroatoms. The van der Waals surface area contributed by atoms with Crippen molar-refractivity contribution in [1.82, 2.24) is 0 Å². The Hall–Kier alpha value is -1.02. The fourth-order valence-corrected chi connectivity index (χ4v) is 1.68. The fourth-order valence-electron chi connectivity index (χ4n) is 1.68. The van der Waals surface area contributed by atoms with E-state index in [1.165, 1.54) is 18.4 Å². The van der Waals surface area contributed by atoms with Crippen molar-refractivity contribution < 1.29 is 5.11 Å². The molecule has 0 radical (unpaired) electrons. The minimum absolute atomic E-state index is 0.306. The highest BCUT2D eigenvalue weighted by atomic mass is 16.3. The Bertz CT molecular complexity index is 296. The zero-order valence-electron chi connectivity index (χ0n) is 8.96. The second-order valence-electron chi connectivity index (χ2n) is 3.78. The van der Waals surface area contributed by atoms with Gasteiger partial charge < -0.3 is 10.8 Å². The molecule has 1 aromatic carbocycles. The van der Waals surface area contributed by atoms with Gasteiger partial charge in [0.05, 0.1) is 0 Å². The maximum atomic E-state index is 9.47. The first-order valence-electron chi connectivity index (χ1n) is 5.20. The molecule has 0 heterocycles. The molecule has 0 spiro atoms. The lowest BCUT2D eigenvalue weighted by molar-refractivity contribution is 0.467. The standard InChI is InChI=1S/C12H19NO/c1-3-4-9(2)10-5-6-12(14)11(7-10)8-13/h5-7,9,14H,3-4,8,13H2,1-2H3. The van der Waals surface area contributed by atoms with Gasteiger partial charge in [-0.2, -0.15) is 0 Å². The summed E-state index contributed by atoms with van der Waals surface area (Å²) < 4.78 is 0. The molecule has 1 atom stereocenters. The predicted molar refractivity (Wildman–Crippen MR) is 59.3 cm³/mol. The van der Waals surface area contributed by atoms with Crippen LogP contribution in [0.1, 0.15) is 43.7 Å². The van der Waals surface area contributed by atoms with Crippen LogP contribution in [0, 0.1) is 0 Å². The predicted octanol–water partition coefficient (Wildman–Crippen LogP) is 2.75. The average Bonchev–Trinajstić information content (AvgIpc) is 2.19. The molecule has 0 aromatic heterocycles. The molecule has 2 nitrogen and oxygen atoms in total. The van der Waals surface area contributed by atoms with Gasteiger partial charge in [0.15, 0.2) is 0 Å². The Morgan fingerprint density at radius 2 is 2.14 bits per heavy atom. The van der Waals surface area contributed by atoms with Crippen LogP contribution in [-0.4, -0.2) is 5.11 Å². The SMILES string of the molecule is CCCC(C)c1ccc(O)c(CN)c1. The first-order valence-corrected chi connectivity index (χ1v) is 5.20. The highest BCUT2D eigenvalue weighted by molar-refractivity contribution is 5.37. The number of aromatic hydroxyl groups is 1. The van der Waals surface area contributed by atoms with Gasteiger partial charge >= 0.3 is 0 Å². The summed E-state index contributed by atoms with van der Waals surface area (Å²) in [7, 11) is 0. The minimum atomic E-state index is 0.306. The Labute approximate surface area is 85.8 Å². The molecule has 1 unspecified atom stereocenters. The van der Waals surface area contributed by atoms with E-state index in [4.69, 9.17) is 5.73 Å². The van der Waals surface area contributed by atoms with Gasteiger partial charge in [0.2, 0.25) is 0 Å². The summed E-state index contributed by atoms with van der Waals surface area (Å²) >= 11 is 0. The van der Waals surface area contributed by atoms with E-state index >= 15 is 0 Å². The van der Waals surface area contributed by atoms with E-state index in [0.717, 1.165) is 5.56 Å². The summed E-state index contributed by atoms with van der Waals surface area (Å²) in [5, 5.41) is 9.47. The molecule has 0 aliphatic heterocycles. The number of benzene rings is 1. The monoisotopic (exact) mass is 193 g/mol. The molecule has 0 amide bonds. The highest BCUT2D eigenvalue weighted by Crippen LogP contribution is 2.25. The van der Waals surface area contributed by atoms with E-state index in [2.05, 4.69) is 13.8 Å². The molecule has 1 aromatic rings. The van der Waals surface area contributed by atoms with Gasteiger partial charge in [-0.1, -0.05) is 32.4 Å². The second kappa shape index (κ2) is 5.01. The molecule has 0 saturated carbocycles. The summed E-state index contributed by atoms with van der Waals surface area (Å²) in [5.74, 6) is 0.853. The molecule has 0 saturated heterocycles. The van der Waals surface area contributed by atoms with E-state index in [0.29, 0.717) is 18.2 Å². The number of hydrogen-bond donors (Lipinski definition) is 2. The van der Waals surface area contributed by atoms with Crippen LogP contribution in [0.2, 0.25) is 0 Å². The Balaban J connectivity index is 2.88. The van der Waals surface area contributed by atoms with Gasteiger partial charge in [-0.05, 0) is 24.0 Å². The third-order valence-corrected chi connectivity index (χ3v) is 2.61. The number of phenols is 1. The van der Waals surface area contributed by atoms with E-state index in [1.54, 1.807) is 6.07 Å². The van der Waals surface area contributed by atoms with Gasteiger partial charge in [0.1, 0.15) is 5.75 Å². The van der Waals surface area contributed by atoms with Crippen LogP contribution in [0.15, 0.2) is 18.2 Å². The van der Waals surface area contributed by atoms with Crippen molar-refractivity contribution in [1.29, 1.82) is 0 Å². The van der Waals surface area contributed by atoms with Gasteiger partial charge in [-0.15, -0.1) is 0 Å². The van der Waals surface area contributed by atoms with Crippen LogP contribution in [0.5, 0.6) is 5.75 Å². The fraction of sp³-hybridized carbons (Fsp3) is 0.500. The molecule has 0 fully saturated rings. The Morgan fingerprint density at radius 1 is 1.43 bits per heavy atom. The summed E-state index contributed by atoms with van der Waals surface area (Å²) in [5.41, 5.74) is 7.64. The van der Waals surface area contributed by atoms with Crippen LogP contribution < -0.4 is 5.73 Å². The van der Waals surface area contributed by atoms with E-state index in [9.17, 15) is 5.11 Å². The summed E-state index contributed by atoms with van der Waals surface area (Å²) in [6.07, 6.45) is 2.36. The smallest absolute Gasteiger partial charge is 0.120 e. The third kappa shape index (κ3) is 2.48. The molecule has 14 heavy (non-hydrogen) atoms. The maximum Gasteiger partial charge on any atom is 0.120 e. The highest BCUT2D eigenvalue weighted by Gasteiger charge is 2.07. The number of nitrogens with two attached hydrogens (primary N) is 1. The van der Waals surface area contributed by atoms with Gasteiger partial charge in [-0.3, -0.25) is 0 Å². The van der Waals surface area contributed by atoms with Gasteiger partial charge in [0, 0.05) is 12.1 Å². The van der Waals surface area contributed by atoms with E-state index in [-0.39, 0.29) is 0 Å². The van der Waals surface area contributed by atoms with Crippen LogP contribution in [0.4, 0.5) is 0 Å². The summed E-state index contributed by atoms with van der Waals surface area (Å²) in [6, 6.07) is 5.73. The first kappa shape index (κ1) is 11.1. The molecular formula is C12H19NO. The van der Waals surface area contributed by atoms with Crippen molar-refractivity contribution in [3.05, 3.63) is 29.3 Å². The van der Waals surface area contributed by atoms with E-state index < -0.39 is 0 Å². The average molecular weight is 193 g/mol. The van der Waals surface area contributed by atoms with Gasteiger partial charge in [0.25, 0.3) is 0 Å². The zero-order valence-corrected chi connectivity index (χ0v) is 8.96. The van der Waals surface area contributed by atoms with Crippen molar-refractivity contribution in [3.63, 3.8) is 0 Å². The molecule has 78 valence electrons. The Morgan fingerprint density at radius 3 is 2.71 bits per heavy atom. The quantitative estimate of drug-likeness (QED) is 0.772. The lowest BCUT2D eigenvalue weighted by atomic mass is 9.95. The lowest BCUT2D eigenvalue weighted by Gasteiger charge is -2.12. The second-order valence-corrected chi connectivity index (χ2v) is 3.78. The van der Waals surface area contributed by atoms with Gasteiger partial charge in [-0.25, -0.2) is 0 Å². The Kier molecular flexibility index (Phi) is 3.96. The minimum Gasteiger partial charge on any atom is -0.508 e. The molecule has 1 rings (SSSR count). The number of hydrogen-bond acceptors (Lipinski definition) is 2. The molecular weight excluding hydrogens is 174 g/mol. The van der Waals surface area contributed by atoms with Crippen LogP contribution in [0.3, 0.4) is 0 Å². The first-order chi connectivity index (χ1) is 6.69. The van der Waals surface area contributed by atoms with Crippen LogP contribution in [-0.2, 0) is 6.54 Å². The molecule has 0 bridgehead atoms. The van der Waals surface area contributed by atoms with E-state index in [1.807, 2.05) is 12.1 Å². The molecule has 0 aliphatic carbocycles. The number of rotatable bonds is 4. The maximum absolute atomic E-state index is 9.47. The normalized spacial score (nSPS) is 12.8. The van der Waals surface area contributed by atoms with Crippen molar-refractivity contribution in [2.75, 3.05) is 0 Å². The lowest BCUT2D eigenvalue weighted by Crippen LogP contribution is -2.00. The molecule has 0 aliphatic rings. The zero-order chi connectivity index (χ0) is 10.6. The van der Waals surface area contributed by atoms with Crippen molar-refractivity contribution >= 4 is 0 Å². The van der Waals surface area contributed by atoms with Crippen molar-refractivity contribution in [2.24, 2.45) is 5.73 Å². The van der Waals surface area contributed by atoms with Crippen molar-refractivity contribution in [3.8, 4) is 5.75 Å². The summed E-state index contributed by atoms with van der Waals surface area (Å²) in [6.45, 7) is 4.79. The van der Waals surface area contributed by atoms with Crippen LogP contribution in [0.25, 0.3) is 0 Å². The summed E-state index contributed by atoms with van der Waals surface area (Å²) in [4.78, 5) is 0. The number of phenolic OH excluding ortho intramolecular Hbond substituents is 1. The molecule has 3 N–H and O–H groups in total. The van der Waals surface area contributed by atoms with Crippen LogP contribution >= 0.6 is 0 Å².